The zero-order chi connectivity index (χ0) is 13.1. The maximum atomic E-state index is 12.7. The Morgan fingerprint density at radius 2 is 1.94 bits per heavy atom. The van der Waals surface area contributed by atoms with E-state index in [1.54, 1.807) is 0 Å². The number of likely N-dealkylation sites (N-methyl/N-ethyl adjacent to an activating group) is 1. The summed E-state index contributed by atoms with van der Waals surface area (Å²) in [7, 11) is 1.87. The third-order valence-electron chi connectivity index (χ3n) is 2.70. The molecular weight excluding hydrogens is 233 g/mol. The molecule has 0 amide bonds. The number of hydrogen-bond donors (Lipinski definition) is 0. The summed E-state index contributed by atoms with van der Waals surface area (Å²) in [4.78, 5) is 9.73. The third-order valence-corrected chi connectivity index (χ3v) is 2.70. The van der Waals surface area contributed by atoms with E-state index in [2.05, 4.69) is 15.1 Å². The van der Waals surface area contributed by atoms with Crippen LogP contribution in [0.1, 0.15) is 11.4 Å². The highest BCUT2D eigenvalue weighted by molar-refractivity contribution is 5.26. The smallest absolute Gasteiger partial charge is 0.225 e. The van der Waals surface area contributed by atoms with Gasteiger partial charge in [0.05, 0.1) is 24.6 Å². The number of rotatable bonds is 4. The molecule has 0 radical (unpaired) electrons. The fourth-order valence-corrected chi connectivity index (χ4v) is 1.75. The van der Waals surface area contributed by atoms with Crippen LogP contribution in [0.4, 0.5) is 10.3 Å². The Morgan fingerprint density at radius 3 is 2.50 bits per heavy atom. The number of aromatic nitrogens is 4. The molecule has 0 aliphatic heterocycles. The van der Waals surface area contributed by atoms with Gasteiger partial charge in [0, 0.05) is 19.3 Å². The molecule has 5 nitrogen and oxygen atoms in total. The Labute approximate surface area is 105 Å². The van der Waals surface area contributed by atoms with E-state index in [9.17, 15) is 4.39 Å². The molecular formula is C12H16FN5. The molecule has 0 bridgehead atoms. The van der Waals surface area contributed by atoms with Gasteiger partial charge in [-0.25, -0.2) is 14.4 Å². The second kappa shape index (κ2) is 5.12. The van der Waals surface area contributed by atoms with E-state index in [1.165, 1.54) is 12.4 Å². The first kappa shape index (κ1) is 12.5. The summed E-state index contributed by atoms with van der Waals surface area (Å²) < 4.78 is 14.6. The van der Waals surface area contributed by atoms with Crippen LogP contribution >= 0.6 is 0 Å². The lowest BCUT2D eigenvalue weighted by Crippen LogP contribution is -2.25. The van der Waals surface area contributed by atoms with Crippen molar-refractivity contribution in [2.45, 2.75) is 20.4 Å². The minimum atomic E-state index is -0.425. The van der Waals surface area contributed by atoms with Gasteiger partial charge in [-0.15, -0.1) is 0 Å². The van der Waals surface area contributed by atoms with Crippen LogP contribution in [-0.2, 0) is 6.54 Å². The van der Waals surface area contributed by atoms with Crippen LogP contribution in [0.5, 0.6) is 0 Å². The van der Waals surface area contributed by atoms with Gasteiger partial charge in [-0.05, 0) is 19.9 Å². The lowest BCUT2D eigenvalue weighted by molar-refractivity contribution is 0.584. The van der Waals surface area contributed by atoms with E-state index in [1.807, 2.05) is 36.5 Å². The Hall–Kier alpha value is -1.98. The summed E-state index contributed by atoms with van der Waals surface area (Å²) >= 11 is 0. The Bertz CT molecular complexity index is 520. The van der Waals surface area contributed by atoms with Crippen LogP contribution < -0.4 is 4.90 Å². The lowest BCUT2D eigenvalue weighted by Gasteiger charge is -2.16. The van der Waals surface area contributed by atoms with Crippen LogP contribution in [0.15, 0.2) is 18.5 Å². The average Bonchev–Trinajstić information content (AvgIpc) is 2.66. The van der Waals surface area contributed by atoms with Crippen molar-refractivity contribution in [2.24, 2.45) is 0 Å². The lowest BCUT2D eigenvalue weighted by atomic mass is 10.4. The quantitative estimate of drug-likeness (QED) is 0.825. The van der Waals surface area contributed by atoms with Crippen molar-refractivity contribution < 1.29 is 4.39 Å². The summed E-state index contributed by atoms with van der Waals surface area (Å²) in [6.07, 6.45) is 2.34. The van der Waals surface area contributed by atoms with Gasteiger partial charge >= 0.3 is 0 Å². The van der Waals surface area contributed by atoms with Crippen molar-refractivity contribution >= 4 is 5.95 Å². The molecule has 0 saturated heterocycles. The van der Waals surface area contributed by atoms with Crippen molar-refractivity contribution in [3.8, 4) is 0 Å². The molecule has 0 aliphatic carbocycles. The van der Waals surface area contributed by atoms with Crippen molar-refractivity contribution in [1.29, 1.82) is 0 Å². The summed E-state index contributed by atoms with van der Waals surface area (Å²) in [6.45, 7) is 5.45. The van der Waals surface area contributed by atoms with Crippen molar-refractivity contribution in [2.75, 3.05) is 18.5 Å². The van der Waals surface area contributed by atoms with E-state index in [0.29, 0.717) is 12.5 Å². The first-order chi connectivity index (χ1) is 8.56. The number of aryl methyl sites for hydroxylation is 2. The van der Waals surface area contributed by atoms with Crippen molar-refractivity contribution in [1.82, 2.24) is 19.7 Å². The molecule has 0 atom stereocenters. The van der Waals surface area contributed by atoms with Crippen LogP contribution in [0, 0.1) is 19.7 Å². The molecule has 6 heteroatoms. The molecule has 18 heavy (non-hydrogen) atoms. The van der Waals surface area contributed by atoms with Crippen LogP contribution in [0.3, 0.4) is 0 Å². The number of nitrogens with zero attached hydrogens (tertiary/aromatic N) is 5. The van der Waals surface area contributed by atoms with Crippen LogP contribution in [-0.4, -0.2) is 33.3 Å². The van der Waals surface area contributed by atoms with E-state index < -0.39 is 5.82 Å². The Morgan fingerprint density at radius 1 is 1.28 bits per heavy atom. The minimum absolute atomic E-state index is 0.425. The summed E-state index contributed by atoms with van der Waals surface area (Å²) in [5.41, 5.74) is 2.13. The summed E-state index contributed by atoms with van der Waals surface area (Å²) in [5.74, 6) is 0.0867. The van der Waals surface area contributed by atoms with Gasteiger partial charge in [-0.3, -0.25) is 4.68 Å². The van der Waals surface area contributed by atoms with E-state index in [0.717, 1.165) is 17.9 Å². The molecule has 2 aromatic rings. The molecule has 0 fully saturated rings. The zero-order valence-electron chi connectivity index (χ0n) is 10.8. The number of halogens is 1. The molecule has 2 aromatic heterocycles. The van der Waals surface area contributed by atoms with Gasteiger partial charge in [0.15, 0.2) is 5.82 Å². The van der Waals surface area contributed by atoms with Crippen LogP contribution in [0.2, 0.25) is 0 Å². The third kappa shape index (κ3) is 2.82. The van der Waals surface area contributed by atoms with Crippen molar-refractivity contribution in [3.05, 3.63) is 35.7 Å². The van der Waals surface area contributed by atoms with Gasteiger partial charge < -0.3 is 4.90 Å². The fourth-order valence-electron chi connectivity index (χ4n) is 1.75. The molecule has 0 unspecified atom stereocenters. The number of hydrogen-bond acceptors (Lipinski definition) is 4. The molecule has 0 N–H and O–H groups in total. The van der Waals surface area contributed by atoms with Gasteiger partial charge in [-0.2, -0.15) is 5.10 Å². The van der Waals surface area contributed by atoms with E-state index in [4.69, 9.17) is 0 Å². The predicted octanol–water partition coefficient (Wildman–Crippen LogP) is 1.57. The van der Waals surface area contributed by atoms with E-state index >= 15 is 0 Å². The first-order valence-corrected chi connectivity index (χ1v) is 5.76. The maximum Gasteiger partial charge on any atom is 0.225 e. The average molecular weight is 249 g/mol. The highest BCUT2D eigenvalue weighted by atomic mass is 19.1. The predicted molar refractivity (Wildman–Crippen MR) is 67.0 cm³/mol. The van der Waals surface area contributed by atoms with Crippen molar-refractivity contribution in [3.63, 3.8) is 0 Å². The molecule has 2 heterocycles. The molecule has 96 valence electrons. The highest BCUT2D eigenvalue weighted by Crippen LogP contribution is 2.06. The summed E-state index contributed by atoms with van der Waals surface area (Å²) in [5, 5.41) is 4.38. The topological polar surface area (TPSA) is 46.8 Å². The normalized spacial score (nSPS) is 10.7. The van der Waals surface area contributed by atoms with Gasteiger partial charge in [0.25, 0.3) is 0 Å². The van der Waals surface area contributed by atoms with E-state index in [-0.39, 0.29) is 0 Å². The Balaban J connectivity index is 1.98. The van der Waals surface area contributed by atoms with Crippen LogP contribution in [0.25, 0.3) is 0 Å². The van der Waals surface area contributed by atoms with Gasteiger partial charge in [-0.1, -0.05) is 0 Å². The fraction of sp³-hybridized carbons (Fsp3) is 0.417. The first-order valence-electron chi connectivity index (χ1n) is 5.76. The van der Waals surface area contributed by atoms with Gasteiger partial charge in [0.1, 0.15) is 0 Å². The molecule has 2 rings (SSSR count). The minimum Gasteiger partial charge on any atom is -0.342 e. The maximum absolute atomic E-state index is 12.7. The largest absolute Gasteiger partial charge is 0.342 e. The molecule has 0 saturated carbocycles. The summed E-state index contributed by atoms with van der Waals surface area (Å²) in [6, 6.07) is 2.04. The SMILES string of the molecule is Cc1cc(C)n(CCN(C)c2ncc(F)cn2)n1. The Kier molecular flexibility index (Phi) is 3.55. The zero-order valence-corrected chi connectivity index (χ0v) is 10.8. The standard InChI is InChI=1S/C12H16FN5/c1-9-6-10(2)18(16-9)5-4-17(3)12-14-7-11(13)8-15-12/h6-8H,4-5H2,1-3H3. The second-order valence-electron chi connectivity index (χ2n) is 4.27. The monoisotopic (exact) mass is 249 g/mol. The molecule has 0 spiro atoms. The molecule has 0 aromatic carbocycles. The highest BCUT2D eigenvalue weighted by Gasteiger charge is 2.06. The van der Waals surface area contributed by atoms with Gasteiger partial charge in [0.2, 0.25) is 5.95 Å². The molecule has 0 aliphatic rings. The second-order valence-corrected chi connectivity index (χ2v) is 4.27. The number of anilines is 1.